The van der Waals surface area contributed by atoms with Crippen LogP contribution >= 0.6 is 12.4 Å². The molecule has 1 fully saturated rings. The van der Waals surface area contributed by atoms with Crippen LogP contribution in [0.25, 0.3) is 0 Å². The second kappa shape index (κ2) is 8.96. The molecule has 0 radical (unpaired) electrons. The van der Waals surface area contributed by atoms with Gasteiger partial charge in [0.05, 0.1) is 25.0 Å². The minimum atomic E-state index is -0.466. The Morgan fingerprint density at radius 2 is 2.17 bits per heavy atom. The topological polar surface area (TPSA) is 82.8 Å². The van der Waals surface area contributed by atoms with E-state index in [9.17, 15) is 4.79 Å². The van der Waals surface area contributed by atoms with E-state index < -0.39 is 6.10 Å². The van der Waals surface area contributed by atoms with Gasteiger partial charge in [0.2, 0.25) is 0 Å². The van der Waals surface area contributed by atoms with Gasteiger partial charge in [0, 0.05) is 12.6 Å². The summed E-state index contributed by atoms with van der Waals surface area (Å²) in [6, 6.07) is 5.32. The predicted molar refractivity (Wildman–Crippen MR) is 91.6 cm³/mol. The summed E-state index contributed by atoms with van der Waals surface area (Å²) in [4.78, 5) is 12.3. The SMILES string of the molecule is COc1ccc(OC(C)C)c(NC(=O)[C@@H]2CC[C@H](CN)O2)c1.Cl. The van der Waals surface area contributed by atoms with E-state index in [-0.39, 0.29) is 30.5 Å². The maximum absolute atomic E-state index is 12.3. The van der Waals surface area contributed by atoms with Crippen molar-refractivity contribution in [2.24, 2.45) is 5.73 Å². The van der Waals surface area contributed by atoms with Crippen LogP contribution < -0.4 is 20.5 Å². The predicted octanol–water partition coefficient (Wildman–Crippen LogP) is 2.35. The number of hydrogen-bond donors (Lipinski definition) is 2. The molecule has 0 bridgehead atoms. The van der Waals surface area contributed by atoms with Crippen molar-refractivity contribution in [1.82, 2.24) is 0 Å². The monoisotopic (exact) mass is 344 g/mol. The number of amides is 1. The molecule has 2 rings (SSSR count). The summed E-state index contributed by atoms with van der Waals surface area (Å²) < 4.78 is 16.5. The first-order valence-electron chi connectivity index (χ1n) is 7.54. The van der Waals surface area contributed by atoms with Crippen molar-refractivity contribution < 1.29 is 19.0 Å². The highest BCUT2D eigenvalue weighted by Crippen LogP contribution is 2.31. The number of hydrogen-bond acceptors (Lipinski definition) is 5. The third kappa shape index (κ3) is 5.27. The highest BCUT2D eigenvalue weighted by Gasteiger charge is 2.30. The summed E-state index contributed by atoms with van der Waals surface area (Å²) in [5.41, 5.74) is 6.15. The molecule has 0 aromatic heterocycles. The second-order valence-electron chi connectivity index (χ2n) is 5.58. The zero-order valence-electron chi connectivity index (χ0n) is 13.7. The van der Waals surface area contributed by atoms with E-state index in [1.165, 1.54) is 0 Å². The van der Waals surface area contributed by atoms with Crippen LogP contribution in [0.4, 0.5) is 5.69 Å². The van der Waals surface area contributed by atoms with E-state index in [1.807, 2.05) is 13.8 Å². The number of carbonyl (C=O) groups is 1. The molecule has 1 aromatic rings. The smallest absolute Gasteiger partial charge is 0.253 e. The number of nitrogens with two attached hydrogens (primary N) is 1. The number of benzene rings is 1. The Labute approximate surface area is 143 Å². The molecule has 130 valence electrons. The molecule has 1 heterocycles. The van der Waals surface area contributed by atoms with Gasteiger partial charge < -0.3 is 25.3 Å². The summed E-state index contributed by atoms with van der Waals surface area (Å²) in [5.74, 6) is 1.08. The molecule has 0 saturated carbocycles. The average Bonchev–Trinajstić information content (AvgIpc) is 2.97. The van der Waals surface area contributed by atoms with E-state index in [0.29, 0.717) is 30.2 Å². The molecule has 0 aliphatic carbocycles. The molecule has 1 saturated heterocycles. The third-order valence-electron chi connectivity index (χ3n) is 3.47. The molecule has 7 heteroatoms. The Hall–Kier alpha value is -1.50. The fraction of sp³-hybridized carbons (Fsp3) is 0.562. The minimum absolute atomic E-state index is 0. The highest BCUT2D eigenvalue weighted by molar-refractivity contribution is 5.95. The molecule has 2 atom stereocenters. The molecule has 1 aliphatic heterocycles. The van der Waals surface area contributed by atoms with Crippen molar-refractivity contribution in [1.29, 1.82) is 0 Å². The van der Waals surface area contributed by atoms with Gasteiger partial charge in [0.15, 0.2) is 0 Å². The van der Waals surface area contributed by atoms with Crippen LogP contribution in [0.3, 0.4) is 0 Å². The van der Waals surface area contributed by atoms with Crippen molar-refractivity contribution in [3.05, 3.63) is 18.2 Å². The van der Waals surface area contributed by atoms with Gasteiger partial charge >= 0.3 is 0 Å². The fourth-order valence-corrected chi connectivity index (χ4v) is 2.38. The standard InChI is InChI=1S/C16H24N2O4.ClH/c1-10(2)21-14-6-4-11(20-3)8-13(14)18-16(19)15-7-5-12(9-17)22-15;/h4,6,8,10,12,15H,5,7,9,17H2,1-3H3,(H,18,19);1H/t12-,15+;/m1./s1. The van der Waals surface area contributed by atoms with Gasteiger partial charge in [0.1, 0.15) is 17.6 Å². The average molecular weight is 345 g/mol. The largest absolute Gasteiger partial charge is 0.497 e. The normalized spacial score (nSPS) is 20.0. The quantitative estimate of drug-likeness (QED) is 0.827. The van der Waals surface area contributed by atoms with Crippen LogP contribution in [-0.2, 0) is 9.53 Å². The van der Waals surface area contributed by atoms with Crippen LogP contribution in [0.15, 0.2) is 18.2 Å². The Balaban J connectivity index is 0.00000264. The molecule has 1 amide bonds. The van der Waals surface area contributed by atoms with Gasteiger partial charge in [-0.25, -0.2) is 0 Å². The molecule has 3 N–H and O–H groups in total. The first-order valence-corrected chi connectivity index (χ1v) is 7.54. The summed E-state index contributed by atoms with van der Waals surface area (Å²) in [6.45, 7) is 4.30. The van der Waals surface area contributed by atoms with Gasteiger partial charge in [-0.1, -0.05) is 0 Å². The lowest BCUT2D eigenvalue weighted by Gasteiger charge is -2.18. The van der Waals surface area contributed by atoms with E-state index >= 15 is 0 Å². The molecule has 1 aliphatic rings. The molecule has 0 unspecified atom stereocenters. The lowest BCUT2D eigenvalue weighted by atomic mass is 10.2. The number of nitrogens with one attached hydrogen (secondary N) is 1. The summed E-state index contributed by atoms with van der Waals surface area (Å²) >= 11 is 0. The van der Waals surface area contributed by atoms with E-state index in [0.717, 1.165) is 6.42 Å². The Bertz CT molecular complexity index is 525. The van der Waals surface area contributed by atoms with E-state index in [4.69, 9.17) is 19.9 Å². The number of ether oxygens (including phenoxy) is 3. The number of carbonyl (C=O) groups excluding carboxylic acids is 1. The van der Waals surface area contributed by atoms with Crippen LogP contribution in [0, 0.1) is 0 Å². The Morgan fingerprint density at radius 1 is 1.43 bits per heavy atom. The molecular formula is C16H25ClN2O4. The van der Waals surface area contributed by atoms with Crippen molar-refractivity contribution >= 4 is 24.0 Å². The molecule has 0 spiro atoms. The maximum atomic E-state index is 12.3. The molecule has 1 aromatic carbocycles. The first kappa shape index (κ1) is 19.5. The zero-order chi connectivity index (χ0) is 16.1. The highest BCUT2D eigenvalue weighted by atomic mass is 35.5. The summed E-state index contributed by atoms with van der Waals surface area (Å²) in [7, 11) is 1.58. The van der Waals surface area contributed by atoms with Crippen LogP contribution in [0.1, 0.15) is 26.7 Å². The van der Waals surface area contributed by atoms with E-state index in [2.05, 4.69) is 5.32 Å². The van der Waals surface area contributed by atoms with E-state index in [1.54, 1.807) is 25.3 Å². The lowest BCUT2D eigenvalue weighted by molar-refractivity contribution is -0.126. The first-order chi connectivity index (χ1) is 10.5. The van der Waals surface area contributed by atoms with Gasteiger partial charge in [-0.3, -0.25) is 4.79 Å². The Kier molecular flexibility index (Phi) is 7.61. The van der Waals surface area contributed by atoms with Crippen LogP contribution in [0.5, 0.6) is 11.5 Å². The number of rotatable bonds is 6. The number of methoxy groups -OCH3 is 1. The second-order valence-corrected chi connectivity index (χ2v) is 5.58. The van der Waals surface area contributed by atoms with Crippen molar-refractivity contribution in [2.45, 2.75) is 45.0 Å². The van der Waals surface area contributed by atoms with Crippen molar-refractivity contribution in [3.63, 3.8) is 0 Å². The van der Waals surface area contributed by atoms with Crippen molar-refractivity contribution in [2.75, 3.05) is 19.0 Å². The minimum Gasteiger partial charge on any atom is -0.497 e. The van der Waals surface area contributed by atoms with Gasteiger partial charge in [0.25, 0.3) is 5.91 Å². The Morgan fingerprint density at radius 3 is 2.74 bits per heavy atom. The fourth-order valence-electron chi connectivity index (χ4n) is 2.38. The molecule has 6 nitrogen and oxygen atoms in total. The molecule has 23 heavy (non-hydrogen) atoms. The van der Waals surface area contributed by atoms with Crippen LogP contribution in [-0.4, -0.2) is 37.9 Å². The van der Waals surface area contributed by atoms with Gasteiger partial charge in [-0.05, 0) is 38.8 Å². The number of anilines is 1. The van der Waals surface area contributed by atoms with Gasteiger partial charge in [-0.15, -0.1) is 12.4 Å². The van der Waals surface area contributed by atoms with Gasteiger partial charge in [-0.2, -0.15) is 0 Å². The molecular weight excluding hydrogens is 320 g/mol. The van der Waals surface area contributed by atoms with Crippen LogP contribution in [0.2, 0.25) is 0 Å². The number of halogens is 1. The third-order valence-corrected chi connectivity index (χ3v) is 3.47. The summed E-state index contributed by atoms with van der Waals surface area (Å²) in [6.07, 6.45) is 0.993. The maximum Gasteiger partial charge on any atom is 0.253 e. The van der Waals surface area contributed by atoms with Crippen molar-refractivity contribution in [3.8, 4) is 11.5 Å². The summed E-state index contributed by atoms with van der Waals surface area (Å²) in [5, 5.41) is 2.87. The zero-order valence-corrected chi connectivity index (χ0v) is 14.5. The lowest BCUT2D eigenvalue weighted by Crippen LogP contribution is -2.30.